The van der Waals surface area contributed by atoms with Crippen LogP contribution in [0.15, 0.2) is 48.6 Å². The van der Waals surface area contributed by atoms with E-state index in [1.54, 1.807) is 6.07 Å². The number of anilines is 1. The van der Waals surface area contributed by atoms with E-state index < -0.39 is 21.2 Å². The van der Waals surface area contributed by atoms with E-state index in [0.717, 1.165) is 87.7 Å². The summed E-state index contributed by atoms with van der Waals surface area (Å²) in [4.78, 5) is 15.9. The van der Waals surface area contributed by atoms with Crippen molar-refractivity contribution >= 4 is 33.2 Å². The number of aryl methyl sites for hydroxylation is 1. The number of fused-ring (bicyclic) bond motifs is 4. The number of ether oxygens (including phenoxy) is 3. The number of benzene rings is 2. The second kappa shape index (κ2) is 14.3. The van der Waals surface area contributed by atoms with Gasteiger partial charge in [-0.25, -0.2) is 13.1 Å². The molecule has 2 fully saturated rings. The number of sulfonamides is 1. The van der Waals surface area contributed by atoms with Crippen molar-refractivity contribution in [3.8, 4) is 5.75 Å². The lowest BCUT2D eigenvalue weighted by atomic mass is 9.68. The van der Waals surface area contributed by atoms with Gasteiger partial charge in [-0.05, 0) is 123 Å². The summed E-state index contributed by atoms with van der Waals surface area (Å²) < 4.78 is 48.3. The lowest BCUT2D eigenvalue weighted by Crippen LogP contribution is -2.49. The lowest BCUT2D eigenvalue weighted by molar-refractivity contribution is -0.0450. The molecule has 48 heavy (non-hydrogen) atoms. The predicted molar refractivity (Wildman–Crippen MR) is 189 cm³/mol. The van der Waals surface area contributed by atoms with Crippen LogP contribution in [0.1, 0.15) is 86.2 Å². The maximum atomic E-state index is 13.5. The van der Waals surface area contributed by atoms with Gasteiger partial charge in [0.15, 0.2) is 0 Å². The van der Waals surface area contributed by atoms with Crippen molar-refractivity contribution in [3.05, 3.63) is 70.3 Å². The van der Waals surface area contributed by atoms with Crippen molar-refractivity contribution in [3.63, 3.8) is 0 Å². The molecule has 1 amide bonds. The average molecular weight is 697 g/mol. The average Bonchev–Trinajstić information content (AvgIpc) is 3.21. The van der Waals surface area contributed by atoms with Gasteiger partial charge in [-0.1, -0.05) is 36.7 Å². The number of carbonyl (C=O) groups excluding carboxylic acids is 1. The minimum absolute atomic E-state index is 0.0311. The van der Waals surface area contributed by atoms with Gasteiger partial charge in [0, 0.05) is 42.3 Å². The van der Waals surface area contributed by atoms with Crippen molar-refractivity contribution in [1.29, 1.82) is 0 Å². The van der Waals surface area contributed by atoms with Crippen molar-refractivity contribution in [2.75, 3.05) is 44.4 Å². The number of allylic oxidation sites excluding steroid dienone is 1. The number of hydrogen-bond acceptors (Lipinski definition) is 7. The molecule has 1 N–H and O–H groups in total. The van der Waals surface area contributed by atoms with E-state index in [2.05, 4.69) is 33.9 Å². The number of rotatable bonds is 4. The Labute approximate surface area is 290 Å². The van der Waals surface area contributed by atoms with E-state index in [1.807, 2.05) is 25.1 Å². The smallest absolute Gasteiger partial charge is 0.264 e. The highest BCUT2D eigenvalue weighted by molar-refractivity contribution is 7.90. The molecule has 2 aromatic carbocycles. The van der Waals surface area contributed by atoms with Crippen molar-refractivity contribution in [1.82, 2.24) is 4.72 Å². The van der Waals surface area contributed by atoms with E-state index in [1.165, 1.54) is 11.1 Å². The molecule has 5 aliphatic rings. The number of amides is 1. The fourth-order valence-corrected chi connectivity index (χ4v) is 10.3. The largest absolute Gasteiger partial charge is 0.490 e. The van der Waals surface area contributed by atoms with Crippen LogP contribution < -0.4 is 14.4 Å². The highest BCUT2D eigenvalue weighted by atomic mass is 35.5. The molecule has 1 saturated carbocycles. The van der Waals surface area contributed by atoms with Gasteiger partial charge in [0.1, 0.15) is 5.75 Å². The first-order valence-corrected chi connectivity index (χ1v) is 19.9. The van der Waals surface area contributed by atoms with E-state index in [0.29, 0.717) is 55.8 Å². The molecular weight excluding hydrogens is 648 g/mol. The standard InChI is InChI=1S/C38H49ClN2O6S/c1-2-31-7-3-4-8-35(46-23-26-15-18-45-19-16-26)32-12-9-29(32)22-41-24-38(17-5-6-27-20-30(39)11-13-33(27)38)25-47-36-14-10-28(21-34(36)41)37(42)40-48(31,43)44/h4,8,10-11,13-14,20-21,26,29,31-32,35H,2-3,5-7,9,12,15-19,22-25H2,1H3,(H,40,42)/b8-4+/t29-,31+,32+,35-,38-/m0/s1. The molecule has 260 valence electrons. The zero-order valence-corrected chi connectivity index (χ0v) is 29.6. The van der Waals surface area contributed by atoms with Crippen LogP contribution in [-0.4, -0.2) is 65.2 Å². The molecule has 2 aromatic rings. The molecule has 1 spiro atoms. The fourth-order valence-electron chi connectivity index (χ4n) is 8.64. The molecule has 0 aromatic heterocycles. The maximum Gasteiger partial charge on any atom is 0.264 e. The van der Waals surface area contributed by atoms with Crippen LogP contribution in [0.3, 0.4) is 0 Å². The number of carbonyl (C=O) groups is 1. The zero-order valence-electron chi connectivity index (χ0n) is 28.0. The Morgan fingerprint density at radius 3 is 2.73 bits per heavy atom. The summed E-state index contributed by atoms with van der Waals surface area (Å²) in [5.74, 6) is 1.38. The summed E-state index contributed by atoms with van der Waals surface area (Å²) in [5, 5.41) is 0.0826. The van der Waals surface area contributed by atoms with Crippen LogP contribution >= 0.6 is 11.6 Å². The highest BCUT2D eigenvalue weighted by Crippen LogP contribution is 2.47. The van der Waals surface area contributed by atoms with Gasteiger partial charge >= 0.3 is 0 Å². The number of nitrogens with zero attached hydrogens (tertiary/aromatic N) is 1. The second-order valence-electron chi connectivity index (χ2n) is 14.7. The van der Waals surface area contributed by atoms with Gasteiger partial charge in [-0.2, -0.15) is 0 Å². The predicted octanol–water partition coefficient (Wildman–Crippen LogP) is 6.84. The number of hydrogen-bond donors (Lipinski definition) is 1. The summed E-state index contributed by atoms with van der Waals surface area (Å²) in [7, 11) is -3.88. The summed E-state index contributed by atoms with van der Waals surface area (Å²) in [5.41, 5.74) is 3.50. The van der Waals surface area contributed by atoms with Crippen LogP contribution in [0.25, 0.3) is 0 Å². The van der Waals surface area contributed by atoms with Crippen LogP contribution in [0, 0.1) is 17.8 Å². The molecule has 2 bridgehead atoms. The van der Waals surface area contributed by atoms with Crippen molar-refractivity contribution in [2.24, 2.45) is 17.8 Å². The van der Waals surface area contributed by atoms with Gasteiger partial charge in [0.2, 0.25) is 10.0 Å². The third-order valence-corrected chi connectivity index (χ3v) is 13.8. The van der Waals surface area contributed by atoms with E-state index in [9.17, 15) is 13.2 Å². The monoisotopic (exact) mass is 696 g/mol. The quantitative estimate of drug-likeness (QED) is 0.350. The Morgan fingerprint density at radius 2 is 1.94 bits per heavy atom. The Bertz CT molecular complexity index is 1620. The first kappa shape index (κ1) is 33.9. The second-order valence-corrected chi connectivity index (χ2v) is 17.1. The topological polar surface area (TPSA) is 94.2 Å². The summed E-state index contributed by atoms with van der Waals surface area (Å²) in [6.45, 7) is 6.22. The Kier molecular flexibility index (Phi) is 10.1. The molecule has 8 nitrogen and oxygen atoms in total. The Hall–Kier alpha value is -2.59. The Balaban J connectivity index is 1.25. The molecule has 7 rings (SSSR count). The van der Waals surface area contributed by atoms with Gasteiger partial charge in [0.05, 0.1) is 30.3 Å². The van der Waals surface area contributed by atoms with E-state index >= 15 is 0 Å². The van der Waals surface area contributed by atoms with Crippen molar-refractivity contribution in [2.45, 2.75) is 87.9 Å². The molecule has 10 heteroatoms. The van der Waals surface area contributed by atoms with Crippen LogP contribution in [0.4, 0.5) is 5.69 Å². The molecule has 1 saturated heterocycles. The molecule has 0 radical (unpaired) electrons. The molecule has 3 aliphatic heterocycles. The molecule has 2 aliphatic carbocycles. The minimum Gasteiger partial charge on any atom is -0.490 e. The number of halogens is 1. The van der Waals surface area contributed by atoms with Crippen LogP contribution in [0.5, 0.6) is 5.75 Å². The lowest BCUT2D eigenvalue weighted by Gasteiger charge is -2.46. The van der Waals surface area contributed by atoms with E-state index in [-0.39, 0.29) is 11.5 Å². The normalized spacial score (nSPS) is 31.4. The Morgan fingerprint density at radius 1 is 1.08 bits per heavy atom. The van der Waals surface area contributed by atoms with Gasteiger partial charge in [0.25, 0.3) is 5.91 Å². The molecule has 0 unspecified atom stereocenters. The summed E-state index contributed by atoms with van der Waals surface area (Å²) in [6, 6.07) is 11.6. The van der Waals surface area contributed by atoms with Crippen molar-refractivity contribution < 1.29 is 27.4 Å². The summed E-state index contributed by atoms with van der Waals surface area (Å²) in [6.07, 6.45) is 13.0. The minimum atomic E-state index is -3.88. The zero-order chi connectivity index (χ0) is 33.3. The molecule has 3 heterocycles. The number of nitrogens with one attached hydrogen (secondary N) is 1. The van der Waals surface area contributed by atoms with Crippen LogP contribution in [-0.2, 0) is 31.3 Å². The van der Waals surface area contributed by atoms with Crippen LogP contribution in [0.2, 0.25) is 5.02 Å². The van der Waals surface area contributed by atoms with Gasteiger partial charge in [-0.15, -0.1) is 0 Å². The first-order chi connectivity index (χ1) is 23.2. The SMILES string of the molecule is CC[C@@H]1CC/C=C/[C@H](OCC2CCOCC2)[C@@H]2CC[C@H]2CN2C[C@@]3(CCCc4cc(Cl)ccc43)COc3ccc(cc32)C(=O)NS1(=O)=O. The van der Waals surface area contributed by atoms with Gasteiger partial charge in [-0.3, -0.25) is 4.79 Å². The first-order valence-electron chi connectivity index (χ1n) is 18.0. The molecule has 5 atom stereocenters. The van der Waals surface area contributed by atoms with Gasteiger partial charge < -0.3 is 19.1 Å². The maximum absolute atomic E-state index is 13.5. The third kappa shape index (κ3) is 7.03. The highest BCUT2D eigenvalue weighted by Gasteiger charge is 2.44. The fraction of sp³-hybridized carbons (Fsp3) is 0.605. The molecular formula is C38H49ClN2O6S. The van der Waals surface area contributed by atoms with E-state index in [4.69, 9.17) is 25.8 Å². The summed E-state index contributed by atoms with van der Waals surface area (Å²) >= 11 is 6.46. The third-order valence-electron chi connectivity index (χ3n) is 11.6.